The standard InChI is InChI=1S/C33H35ClN4O3S/c1-3-22-7-15-27(16-8-22)42(40,41)36-31-6-4-5-23-11-14-26(19-29(23)31)38(21-32-35-17-18-37(32)2)33(39)30-20-28(30)24-9-12-25(34)13-10-24/h7-19,28,30-31,36H,3-6,20-21H2,1-2H3/t28-,30-,31+/m1/s1. The van der Waals surface area contributed by atoms with Crippen molar-refractivity contribution in [3.8, 4) is 0 Å². The summed E-state index contributed by atoms with van der Waals surface area (Å²) in [6.45, 7) is 2.37. The maximum absolute atomic E-state index is 14.1. The van der Waals surface area contributed by atoms with Gasteiger partial charge in [0, 0.05) is 42.1 Å². The molecular formula is C33H35ClN4O3S. The Balaban J connectivity index is 1.30. The van der Waals surface area contributed by atoms with E-state index in [1.54, 1.807) is 18.3 Å². The molecule has 1 saturated carbocycles. The van der Waals surface area contributed by atoms with Crippen molar-refractivity contribution >= 4 is 33.2 Å². The van der Waals surface area contributed by atoms with Gasteiger partial charge in [-0.05, 0) is 96.7 Å². The number of aryl methyl sites for hydroxylation is 3. The van der Waals surface area contributed by atoms with Crippen molar-refractivity contribution in [1.82, 2.24) is 14.3 Å². The second kappa shape index (κ2) is 11.7. The quantitative estimate of drug-likeness (QED) is 0.243. The lowest BCUT2D eigenvalue weighted by Gasteiger charge is -2.29. The van der Waals surface area contributed by atoms with E-state index in [1.807, 2.05) is 84.2 Å². The van der Waals surface area contributed by atoms with Gasteiger partial charge in [-0.1, -0.05) is 48.9 Å². The number of hydrogen-bond donors (Lipinski definition) is 1. The molecule has 1 heterocycles. The topological polar surface area (TPSA) is 84.3 Å². The smallest absolute Gasteiger partial charge is 0.241 e. The number of anilines is 1. The first-order chi connectivity index (χ1) is 20.2. The normalized spacial score (nSPS) is 19.7. The first kappa shape index (κ1) is 28.6. The van der Waals surface area contributed by atoms with E-state index in [0.29, 0.717) is 18.0 Å². The minimum atomic E-state index is -3.72. The van der Waals surface area contributed by atoms with Crippen LogP contribution in [0.3, 0.4) is 0 Å². The number of sulfonamides is 1. The van der Waals surface area contributed by atoms with Gasteiger partial charge in [-0.25, -0.2) is 18.1 Å². The zero-order valence-corrected chi connectivity index (χ0v) is 25.4. The highest BCUT2D eigenvalue weighted by molar-refractivity contribution is 7.89. The fourth-order valence-corrected chi connectivity index (χ4v) is 7.35. The minimum absolute atomic E-state index is 0.0434. The molecule has 1 N–H and O–H groups in total. The van der Waals surface area contributed by atoms with Crippen LogP contribution < -0.4 is 9.62 Å². The molecule has 0 saturated heterocycles. The van der Waals surface area contributed by atoms with E-state index in [4.69, 9.17) is 11.6 Å². The Morgan fingerprint density at radius 3 is 2.55 bits per heavy atom. The average molecular weight is 603 g/mol. The van der Waals surface area contributed by atoms with Gasteiger partial charge in [0.05, 0.1) is 11.4 Å². The fourth-order valence-electron chi connectivity index (χ4n) is 5.97. The summed E-state index contributed by atoms with van der Waals surface area (Å²) < 4.78 is 31.6. The van der Waals surface area contributed by atoms with Crippen LogP contribution in [0.4, 0.5) is 5.69 Å². The molecule has 1 aromatic heterocycles. The molecule has 0 aliphatic heterocycles. The maximum atomic E-state index is 14.1. The van der Waals surface area contributed by atoms with Crippen molar-refractivity contribution in [3.05, 3.63) is 112 Å². The maximum Gasteiger partial charge on any atom is 0.241 e. The highest BCUT2D eigenvalue weighted by Crippen LogP contribution is 2.49. The van der Waals surface area contributed by atoms with Crippen LogP contribution in [0.15, 0.2) is 84.0 Å². The summed E-state index contributed by atoms with van der Waals surface area (Å²) in [5.41, 5.74) is 4.99. The molecule has 42 heavy (non-hydrogen) atoms. The van der Waals surface area contributed by atoms with Gasteiger partial charge < -0.3 is 9.47 Å². The number of rotatable bonds is 9. The Bertz CT molecular complexity index is 1700. The van der Waals surface area contributed by atoms with Gasteiger partial charge in [-0.2, -0.15) is 0 Å². The Hall–Kier alpha value is -3.46. The van der Waals surface area contributed by atoms with Crippen LogP contribution >= 0.6 is 11.6 Å². The molecule has 2 aliphatic rings. The summed E-state index contributed by atoms with van der Waals surface area (Å²) in [6, 6.07) is 20.4. The number of nitrogens with one attached hydrogen (secondary N) is 1. The van der Waals surface area contributed by atoms with Gasteiger partial charge in [0.25, 0.3) is 0 Å². The Labute approximate surface area is 252 Å². The molecule has 9 heteroatoms. The van der Waals surface area contributed by atoms with Crippen LogP contribution in [0.1, 0.15) is 66.2 Å². The molecule has 6 rings (SSSR count). The van der Waals surface area contributed by atoms with E-state index in [0.717, 1.165) is 59.4 Å². The van der Waals surface area contributed by atoms with E-state index in [2.05, 4.69) is 9.71 Å². The SMILES string of the molecule is CCc1ccc(S(=O)(=O)N[C@H]2CCCc3ccc(N(Cc4nccn4C)C(=O)[C@@H]4C[C@@H]4c4ccc(Cl)cc4)cc32)cc1. The van der Waals surface area contributed by atoms with Crippen molar-refractivity contribution in [2.75, 3.05) is 4.90 Å². The van der Waals surface area contributed by atoms with Crippen molar-refractivity contribution < 1.29 is 13.2 Å². The zero-order valence-electron chi connectivity index (χ0n) is 23.8. The second-order valence-electron chi connectivity index (χ2n) is 11.3. The summed E-state index contributed by atoms with van der Waals surface area (Å²) in [5, 5.41) is 0.677. The highest BCUT2D eigenvalue weighted by atomic mass is 35.5. The summed E-state index contributed by atoms with van der Waals surface area (Å²) >= 11 is 6.09. The first-order valence-electron chi connectivity index (χ1n) is 14.5. The van der Waals surface area contributed by atoms with Crippen LogP contribution in [0, 0.1) is 5.92 Å². The molecule has 0 radical (unpaired) electrons. The van der Waals surface area contributed by atoms with E-state index in [9.17, 15) is 13.2 Å². The molecule has 1 fully saturated rings. The van der Waals surface area contributed by atoms with Gasteiger partial charge in [0.2, 0.25) is 15.9 Å². The lowest BCUT2D eigenvalue weighted by atomic mass is 9.87. The molecule has 4 aromatic rings. The molecule has 1 amide bonds. The van der Waals surface area contributed by atoms with E-state index in [-0.39, 0.29) is 28.7 Å². The van der Waals surface area contributed by atoms with Crippen LogP contribution in [0.2, 0.25) is 5.02 Å². The summed E-state index contributed by atoms with van der Waals surface area (Å²) in [5.74, 6) is 0.831. The molecule has 7 nitrogen and oxygen atoms in total. The number of carbonyl (C=O) groups excluding carboxylic acids is 1. The summed E-state index contributed by atoms with van der Waals surface area (Å²) in [7, 11) is -1.80. The highest BCUT2D eigenvalue weighted by Gasteiger charge is 2.46. The number of benzene rings is 3. The van der Waals surface area contributed by atoms with Gasteiger partial charge in [0.1, 0.15) is 5.82 Å². The summed E-state index contributed by atoms with van der Waals surface area (Å²) in [4.78, 5) is 20.6. The number of aromatic nitrogens is 2. The number of halogens is 1. The molecule has 3 aromatic carbocycles. The van der Waals surface area contributed by atoms with Crippen molar-refractivity contribution in [3.63, 3.8) is 0 Å². The first-order valence-corrected chi connectivity index (χ1v) is 16.4. The summed E-state index contributed by atoms with van der Waals surface area (Å²) in [6.07, 6.45) is 7.68. The molecule has 218 valence electrons. The van der Waals surface area contributed by atoms with E-state index < -0.39 is 10.0 Å². The molecule has 2 aliphatic carbocycles. The van der Waals surface area contributed by atoms with Gasteiger partial charge >= 0.3 is 0 Å². The van der Waals surface area contributed by atoms with Gasteiger partial charge in [-0.3, -0.25) is 4.79 Å². The number of amides is 1. The Kier molecular flexibility index (Phi) is 7.96. The molecule has 3 atom stereocenters. The van der Waals surface area contributed by atoms with Gasteiger partial charge in [0.15, 0.2) is 0 Å². The second-order valence-corrected chi connectivity index (χ2v) is 13.5. The lowest BCUT2D eigenvalue weighted by Crippen LogP contribution is -2.34. The van der Waals surface area contributed by atoms with Crippen molar-refractivity contribution in [2.24, 2.45) is 13.0 Å². The van der Waals surface area contributed by atoms with Crippen LogP contribution in [-0.2, 0) is 41.3 Å². The third-order valence-electron chi connectivity index (χ3n) is 8.59. The Morgan fingerprint density at radius 2 is 1.86 bits per heavy atom. The minimum Gasteiger partial charge on any atom is -0.337 e. The Morgan fingerprint density at radius 1 is 1.10 bits per heavy atom. The molecule has 0 unspecified atom stereocenters. The van der Waals surface area contributed by atoms with Crippen molar-refractivity contribution in [2.45, 2.75) is 62.4 Å². The third-order valence-corrected chi connectivity index (χ3v) is 10.3. The number of carbonyl (C=O) groups is 1. The van der Waals surface area contributed by atoms with Crippen LogP contribution in [0.5, 0.6) is 0 Å². The predicted molar refractivity (Wildman–Crippen MR) is 165 cm³/mol. The van der Waals surface area contributed by atoms with Crippen LogP contribution in [-0.4, -0.2) is 23.9 Å². The van der Waals surface area contributed by atoms with Gasteiger partial charge in [-0.15, -0.1) is 0 Å². The number of imidazole rings is 1. The fraction of sp³-hybridized carbons (Fsp3) is 0.333. The van der Waals surface area contributed by atoms with E-state index >= 15 is 0 Å². The number of fused-ring (bicyclic) bond motifs is 1. The molecule has 0 bridgehead atoms. The monoisotopic (exact) mass is 602 g/mol. The zero-order chi connectivity index (χ0) is 29.4. The lowest BCUT2D eigenvalue weighted by molar-refractivity contribution is -0.120. The number of hydrogen-bond acceptors (Lipinski definition) is 4. The van der Waals surface area contributed by atoms with E-state index in [1.165, 1.54) is 0 Å². The third kappa shape index (κ3) is 5.89. The largest absolute Gasteiger partial charge is 0.337 e. The average Bonchev–Trinajstić information content (AvgIpc) is 3.70. The number of nitrogens with zero attached hydrogens (tertiary/aromatic N) is 3. The van der Waals surface area contributed by atoms with Crippen molar-refractivity contribution in [1.29, 1.82) is 0 Å². The molecule has 0 spiro atoms. The van der Waals surface area contributed by atoms with Crippen LogP contribution in [0.25, 0.3) is 0 Å². The predicted octanol–water partition coefficient (Wildman–Crippen LogP) is 6.33. The molecular weight excluding hydrogens is 568 g/mol.